The topological polar surface area (TPSA) is 63.6 Å². The number of hydrogen-bond acceptors (Lipinski definition) is 5. The van der Waals surface area contributed by atoms with Crippen molar-refractivity contribution < 1.29 is 22.9 Å². The van der Waals surface area contributed by atoms with Crippen molar-refractivity contribution in [3.05, 3.63) is 34.4 Å². The van der Waals surface area contributed by atoms with E-state index in [9.17, 15) is 5.11 Å². The van der Waals surface area contributed by atoms with E-state index in [0.29, 0.717) is 24.2 Å². The van der Waals surface area contributed by atoms with Crippen LogP contribution in [0.2, 0.25) is 0 Å². The Morgan fingerprint density at radius 1 is 1.14 bits per heavy atom. The van der Waals surface area contributed by atoms with Crippen molar-refractivity contribution in [1.29, 1.82) is 0 Å². The first-order valence-corrected chi connectivity index (χ1v) is 11.1. The quantitative estimate of drug-likeness (QED) is 0.409. The van der Waals surface area contributed by atoms with Gasteiger partial charge in [0.05, 0.1) is 18.8 Å². The summed E-state index contributed by atoms with van der Waals surface area (Å²) in [5, 5.41) is 14.3. The minimum atomic E-state index is -3.27. The van der Waals surface area contributed by atoms with Gasteiger partial charge in [0.1, 0.15) is 5.82 Å². The number of anilines is 1. The van der Waals surface area contributed by atoms with Crippen molar-refractivity contribution in [2.75, 3.05) is 25.1 Å². The molecular weight excluding hydrogens is 453 g/mol. The molecular formula is C19H26BrF2N2O3P. The van der Waals surface area contributed by atoms with Gasteiger partial charge in [-0.3, -0.25) is 0 Å². The normalized spacial score (nSPS) is 12.8. The summed E-state index contributed by atoms with van der Waals surface area (Å²) in [4.78, 5) is 4.31. The van der Waals surface area contributed by atoms with Crippen LogP contribution in [-0.4, -0.2) is 35.5 Å². The lowest BCUT2D eigenvalue weighted by Gasteiger charge is -2.26. The Bertz CT molecular complexity index is 797. The van der Waals surface area contributed by atoms with Gasteiger partial charge in [-0.2, -0.15) is 8.78 Å². The zero-order valence-electron chi connectivity index (χ0n) is 16.4. The van der Waals surface area contributed by atoms with E-state index in [2.05, 4.69) is 26.2 Å². The summed E-state index contributed by atoms with van der Waals surface area (Å²) in [7, 11) is -2.40. The Hall–Kier alpha value is -0.920. The number of aromatic nitrogens is 1. The fraction of sp³-hybridized carbons (Fsp3) is 0.526. The van der Waals surface area contributed by atoms with E-state index >= 15 is 8.78 Å². The number of pyridine rings is 1. The first-order valence-electron chi connectivity index (χ1n) is 9.08. The van der Waals surface area contributed by atoms with E-state index in [4.69, 9.17) is 9.05 Å². The summed E-state index contributed by atoms with van der Waals surface area (Å²) in [6, 6.07) is 4.78. The van der Waals surface area contributed by atoms with Crippen molar-refractivity contribution >= 4 is 40.9 Å². The minimum absolute atomic E-state index is 0.145. The highest BCUT2D eigenvalue weighted by atomic mass is 79.9. The highest BCUT2D eigenvalue weighted by Crippen LogP contribution is 2.61. The van der Waals surface area contributed by atoms with Gasteiger partial charge in [0, 0.05) is 28.2 Å². The van der Waals surface area contributed by atoms with Gasteiger partial charge in [-0.1, -0.05) is 15.9 Å². The van der Waals surface area contributed by atoms with Crippen LogP contribution in [0.3, 0.4) is 0 Å². The highest BCUT2D eigenvalue weighted by molar-refractivity contribution is 9.10. The molecule has 0 atom stereocenters. The molecule has 2 rings (SSSR count). The van der Waals surface area contributed by atoms with Gasteiger partial charge in [0.25, 0.3) is 8.38 Å². The lowest BCUT2D eigenvalue weighted by Crippen LogP contribution is -2.22. The van der Waals surface area contributed by atoms with Crippen LogP contribution in [0.4, 0.5) is 14.6 Å². The molecule has 0 radical (unpaired) electrons. The minimum Gasteiger partial charge on any atom is -0.390 e. The van der Waals surface area contributed by atoms with E-state index in [1.54, 1.807) is 46.0 Å². The molecule has 0 unspecified atom stereocenters. The van der Waals surface area contributed by atoms with Crippen molar-refractivity contribution in [1.82, 2.24) is 4.98 Å². The predicted molar refractivity (Wildman–Crippen MR) is 113 cm³/mol. The second-order valence-corrected chi connectivity index (χ2v) is 9.32. The Morgan fingerprint density at radius 2 is 1.79 bits per heavy atom. The molecule has 1 aromatic carbocycles. The number of alkyl halides is 2. The second kappa shape index (κ2) is 9.72. The van der Waals surface area contributed by atoms with Gasteiger partial charge in [0.2, 0.25) is 0 Å². The number of fused-ring (bicyclic) bond motifs is 1. The number of benzene rings is 1. The number of aliphatic hydroxyl groups is 1. The molecule has 1 aromatic heterocycles. The van der Waals surface area contributed by atoms with Crippen LogP contribution in [0.25, 0.3) is 10.8 Å². The molecule has 1 heterocycles. The molecule has 2 N–H and O–H groups in total. The third kappa shape index (κ3) is 6.04. The SMILES string of the molecule is CCOP(OCC)C(F)(F)c1cc2cc(NCCC(C)(C)O)ncc2cc1Br. The van der Waals surface area contributed by atoms with E-state index < -0.39 is 19.6 Å². The lowest BCUT2D eigenvalue weighted by atomic mass is 10.1. The maximum absolute atomic E-state index is 15.1. The maximum Gasteiger partial charge on any atom is 0.340 e. The van der Waals surface area contributed by atoms with Crippen LogP contribution in [0.1, 0.15) is 39.7 Å². The lowest BCUT2D eigenvalue weighted by molar-refractivity contribution is 0.0565. The molecule has 0 aliphatic rings. The standard InChI is InChI=1S/C19H26BrF2N2O3P/c1-5-26-28(27-6-2)19(21,22)15-9-13-11-17(23-8-7-18(3,4)25)24-12-14(13)10-16(15)20/h9-12,25H,5-8H2,1-4H3,(H,23,24). The van der Waals surface area contributed by atoms with Crippen molar-refractivity contribution in [2.24, 2.45) is 0 Å². The number of halogens is 3. The number of nitrogens with one attached hydrogen (secondary N) is 1. The van der Waals surface area contributed by atoms with Crippen LogP contribution in [0.15, 0.2) is 28.9 Å². The first-order chi connectivity index (χ1) is 13.1. The number of nitrogens with zero attached hydrogens (tertiary/aromatic N) is 1. The van der Waals surface area contributed by atoms with Crippen LogP contribution < -0.4 is 5.32 Å². The summed E-state index contributed by atoms with van der Waals surface area (Å²) in [5.41, 5.74) is -4.24. The fourth-order valence-electron chi connectivity index (χ4n) is 2.52. The molecule has 156 valence electrons. The first kappa shape index (κ1) is 23.4. The Kier molecular flexibility index (Phi) is 8.11. The van der Waals surface area contributed by atoms with Gasteiger partial charge >= 0.3 is 5.66 Å². The molecule has 0 bridgehead atoms. The van der Waals surface area contributed by atoms with Crippen molar-refractivity contribution in [2.45, 2.75) is 45.4 Å². The van der Waals surface area contributed by atoms with Gasteiger partial charge in [-0.25, -0.2) is 4.98 Å². The molecule has 0 fully saturated rings. The second-order valence-electron chi connectivity index (χ2n) is 6.87. The highest BCUT2D eigenvalue weighted by Gasteiger charge is 2.46. The molecule has 0 amide bonds. The Morgan fingerprint density at radius 3 is 2.36 bits per heavy atom. The molecule has 9 heteroatoms. The van der Waals surface area contributed by atoms with Crippen LogP contribution in [0.5, 0.6) is 0 Å². The van der Waals surface area contributed by atoms with E-state index in [1.165, 1.54) is 6.07 Å². The van der Waals surface area contributed by atoms with Crippen LogP contribution >= 0.6 is 24.3 Å². The summed E-state index contributed by atoms with van der Waals surface area (Å²) >= 11 is 3.25. The fourth-order valence-corrected chi connectivity index (χ4v) is 4.53. The van der Waals surface area contributed by atoms with Gasteiger partial charge in [0.15, 0.2) is 0 Å². The molecule has 0 aliphatic heterocycles. The largest absolute Gasteiger partial charge is 0.390 e. The molecule has 0 aliphatic carbocycles. The van der Waals surface area contributed by atoms with E-state index in [-0.39, 0.29) is 23.2 Å². The van der Waals surface area contributed by atoms with Gasteiger partial charge < -0.3 is 19.5 Å². The number of rotatable bonds is 10. The molecule has 0 saturated carbocycles. The average molecular weight is 479 g/mol. The summed E-state index contributed by atoms with van der Waals surface area (Å²) in [6.07, 6.45) is 2.16. The van der Waals surface area contributed by atoms with Crippen molar-refractivity contribution in [3.63, 3.8) is 0 Å². The monoisotopic (exact) mass is 478 g/mol. The molecule has 5 nitrogen and oxygen atoms in total. The van der Waals surface area contributed by atoms with Crippen LogP contribution in [0, 0.1) is 0 Å². The zero-order valence-corrected chi connectivity index (χ0v) is 18.9. The zero-order chi connectivity index (χ0) is 20.9. The average Bonchev–Trinajstić information content (AvgIpc) is 2.60. The third-order valence-corrected chi connectivity index (χ3v) is 6.24. The Balaban J connectivity index is 2.34. The summed E-state index contributed by atoms with van der Waals surface area (Å²) in [5.74, 6) is 0.560. The summed E-state index contributed by atoms with van der Waals surface area (Å²) in [6.45, 7) is 7.58. The maximum atomic E-state index is 15.1. The molecule has 28 heavy (non-hydrogen) atoms. The van der Waals surface area contributed by atoms with Gasteiger partial charge in [-0.15, -0.1) is 0 Å². The van der Waals surface area contributed by atoms with Crippen molar-refractivity contribution in [3.8, 4) is 0 Å². The molecule has 0 saturated heterocycles. The van der Waals surface area contributed by atoms with Crippen LogP contribution in [-0.2, 0) is 14.7 Å². The smallest absolute Gasteiger partial charge is 0.340 e. The summed E-state index contributed by atoms with van der Waals surface area (Å²) < 4.78 is 40.9. The molecule has 2 aromatic rings. The molecule has 0 spiro atoms. The predicted octanol–water partition coefficient (Wildman–Crippen LogP) is 6.00. The van der Waals surface area contributed by atoms with E-state index in [0.717, 1.165) is 5.39 Å². The number of hydrogen-bond donors (Lipinski definition) is 2. The van der Waals surface area contributed by atoms with E-state index in [1.807, 2.05) is 0 Å². The Labute approximate surface area is 173 Å². The van der Waals surface area contributed by atoms with Gasteiger partial charge in [-0.05, 0) is 57.7 Å². The third-order valence-electron chi connectivity index (χ3n) is 3.90.